The van der Waals surface area contributed by atoms with Gasteiger partial charge in [-0.15, -0.1) is 0 Å². The van der Waals surface area contributed by atoms with Crippen LogP contribution in [-0.4, -0.2) is 45.2 Å². The van der Waals surface area contributed by atoms with E-state index in [1.54, 1.807) is 0 Å². The van der Waals surface area contributed by atoms with Gasteiger partial charge in [-0.05, 0) is 45.1 Å². The van der Waals surface area contributed by atoms with Crippen molar-refractivity contribution in [1.29, 1.82) is 0 Å². The van der Waals surface area contributed by atoms with E-state index in [-0.39, 0.29) is 0 Å². The van der Waals surface area contributed by atoms with Gasteiger partial charge in [-0.3, -0.25) is 0 Å². The fourth-order valence-electron chi connectivity index (χ4n) is 2.50. The van der Waals surface area contributed by atoms with Gasteiger partial charge in [-0.2, -0.15) is 0 Å². The minimum absolute atomic E-state index is 0.667. The highest BCUT2D eigenvalue weighted by atomic mass is 15.2. The molecule has 1 N–H and O–H groups in total. The Bertz CT molecular complexity index is 413. The molecule has 1 rings (SSSR count). The second-order valence-electron chi connectivity index (χ2n) is 6.56. The Balaban J connectivity index is 2.97. The highest BCUT2D eigenvalue weighted by Gasteiger charge is 2.13. The summed E-state index contributed by atoms with van der Waals surface area (Å²) >= 11 is 0. The molecule has 0 aliphatic rings. The van der Waals surface area contributed by atoms with Crippen LogP contribution < -0.4 is 10.2 Å². The number of anilines is 1. The molecule has 0 aliphatic heterocycles. The average molecular weight is 291 g/mol. The van der Waals surface area contributed by atoms with Gasteiger partial charge in [0.25, 0.3) is 0 Å². The lowest BCUT2D eigenvalue weighted by molar-refractivity contribution is 0.408. The Hall–Kier alpha value is -1.06. The lowest BCUT2D eigenvalue weighted by Crippen LogP contribution is -2.35. The number of likely N-dealkylation sites (N-methyl/N-ethyl adjacent to an activating group) is 1. The molecule has 1 aromatic carbocycles. The first-order chi connectivity index (χ1) is 9.93. The van der Waals surface area contributed by atoms with E-state index in [0.29, 0.717) is 5.92 Å². The number of aryl methyl sites for hydroxylation is 1. The van der Waals surface area contributed by atoms with Crippen LogP contribution >= 0.6 is 0 Å². The predicted octanol–water partition coefficient (Wildman–Crippen LogP) is 3.13. The maximum absolute atomic E-state index is 3.47. The van der Waals surface area contributed by atoms with E-state index in [2.05, 4.69) is 75.1 Å². The number of nitrogens with zero attached hydrogens (tertiary/aromatic N) is 2. The summed E-state index contributed by atoms with van der Waals surface area (Å²) in [5.41, 5.74) is 4.14. The summed E-state index contributed by atoms with van der Waals surface area (Å²) in [6, 6.07) is 6.84. The second kappa shape index (κ2) is 9.06. The van der Waals surface area contributed by atoms with Gasteiger partial charge in [-0.1, -0.05) is 38.5 Å². The number of hydrogen-bond donors (Lipinski definition) is 1. The summed E-state index contributed by atoms with van der Waals surface area (Å²) in [6.45, 7) is 14.1. The molecule has 0 amide bonds. The molecule has 0 fully saturated rings. The van der Waals surface area contributed by atoms with Crippen LogP contribution in [0.4, 0.5) is 5.69 Å². The fraction of sp³-hybridized carbons (Fsp3) is 0.667. The van der Waals surface area contributed by atoms with Crippen LogP contribution in [0.5, 0.6) is 0 Å². The highest BCUT2D eigenvalue weighted by Crippen LogP contribution is 2.23. The van der Waals surface area contributed by atoms with Gasteiger partial charge >= 0.3 is 0 Å². The van der Waals surface area contributed by atoms with Gasteiger partial charge in [0.15, 0.2) is 0 Å². The van der Waals surface area contributed by atoms with E-state index >= 15 is 0 Å². The quantitative estimate of drug-likeness (QED) is 0.754. The van der Waals surface area contributed by atoms with Crippen LogP contribution in [0.15, 0.2) is 18.2 Å². The van der Waals surface area contributed by atoms with E-state index in [1.807, 2.05) is 0 Å². The van der Waals surface area contributed by atoms with Gasteiger partial charge in [-0.25, -0.2) is 0 Å². The van der Waals surface area contributed by atoms with Crippen molar-refractivity contribution in [3.63, 3.8) is 0 Å². The first-order valence-electron chi connectivity index (χ1n) is 8.14. The number of rotatable bonds is 9. The Labute approximate surface area is 131 Å². The van der Waals surface area contributed by atoms with Gasteiger partial charge in [0.2, 0.25) is 0 Å². The Morgan fingerprint density at radius 2 is 1.86 bits per heavy atom. The van der Waals surface area contributed by atoms with Crippen molar-refractivity contribution in [3.05, 3.63) is 29.3 Å². The van der Waals surface area contributed by atoms with Gasteiger partial charge in [0, 0.05) is 31.9 Å². The van der Waals surface area contributed by atoms with E-state index < -0.39 is 0 Å². The molecule has 0 heterocycles. The van der Waals surface area contributed by atoms with Gasteiger partial charge < -0.3 is 15.1 Å². The molecule has 120 valence electrons. The van der Waals surface area contributed by atoms with Gasteiger partial charge in [0.05, 0.1) is 0 Å². The zero-order valence-corrected chi connectivity index (χ0v) is 14.7. The number of benzene rings is 1. The molecule has 21 heavy (non-hydrogen) atoms. The van der Waals surface area contributed by atoms with E-state index in [0.717, 1.165) is 32.7 Å². The topological polar surface area (TPSA) is 18.5 Å². The number of nitrogens with one attached hydrogen (secondary N) is 1. The van der Waals surface area contributed by atoms with Crippen molar-refractivity contribution in [1.82, 2.24) is 10.2 Å². The minimum atomic E-state index is 0.667. The van der Waals surface area contributed by atoms with Gasteiger partial charge in [0.1, 0.15) is 0 Å². The Morgan fingerprint density at radius 1 is 1.14 bits per heavy atom. The standard InChI is InChI=1S/C18H33N3/c1-7-19-13-17-12-16(4)8-9-18(17)21(14-15(2)3)11-10-20(5)6/h8-9,12,15,19H,7,10-11,13-14H2,1-6H3. The third-order valence-corrected chi connectivity index (χ3v) is 3.54. The molecule has 1 aromatic rings. The van der Waals surface area contributed by atoms with Crippen LogP contribution in [0.2, 0.25) is 0 Å². The smallest absolute Gasteiger partial charge is 0.0412 e. The zero-order valence-electron chi connectivity index (χ0n) is 14.7. The molecular formula is C18H33N3. The molecule has 0 radical (unpaired) electrons. The molecule has 0 atom stereocenters. The van der Waals surface area contributed by atoms with Crippen molar-refractivity contribution in [3.8, 4) is 0 Å². The van der Waals surface area contributed by atoms with Crippen molar-refractivity contribution < 1.29 is 0 Å². The maximum Gasteiger partial charge on any atom is 0.0412 e. The van der Waals surface area contributed by atoms with Crippen molar-refractivity contribution >= 4 is 5.69 Å². The third kappa shape index (κ3) is 6.49. The Kier molecular flexibility index (Phi) is 7.76. The second-order valence-corrected chi connectivity index (χ2v) is 6.56. The van der Waals surface area contributed by atoms with Crippen molar-refractivity contribution in [2.75, 3.05) is 45.2 Å². The fourth-order valence-corrected chi connectivity index (χ4v) is 2.50. The average Bonchev–Trinajstić information content (AvgIpc) is 2.41. The normalized spacial score (nSPS) is 11.4. The summed E-state index contributed by atoms with van der Waals surface area (Å²) in [6.07, 6.45) is 0. The van der Waals surface area contributed by atoms with Crippen LogP contribution in [0.25, 0.3) is 0 Å². The summed E-state index contributed by atoms with van der Waals surface area (Å²) in [4.78, 5) is 4.79. The lowest BCUT2D eigenvalue weighted by atomic mass is 10.1. The molecule has 0 bridgehead atoms. The molecule has 0 saturated heterocycles. The third-order valence-electron chi connectivity index (χ3n) is 3.54. The summed E-state index contributed by atoms with van der Waals surface area (Å²) in [7, 11) is 4.28. The molecule has 3 heteroatoms. The molecule has 0 unspecified atom stereocenters. The summed E-state index contributed by atoms with van der Waals surface area (Å²) < 4.78 is 0. The summed E-state index contributed by atoms with van der Waals surface area (Å²) in [5, 5.41) is 3.47. The van der Waals surface area contributed by atoms with E-state index in [1.165, 1.54) is 16.8 Å². The molecule has 0 aromatic heterocycles. The molecule has 0 aliphatic carbocycles. The summed E-state index contributed by atoms with van der Waals surface area (Å²) in [5.74, 6) is 0.667. The SMILES string of the molecule is CCNCc1cc(C)ccc1N(CCN(C)C)CC(C)C. The monoisotopic (exact) mass is 291 g/mol. The molecule has 0 saturated carbocycles. The first-order valence-corrected chi connectivity index (χ1v) is 8.14. The van der Waals surface area contributed by atoms with E-state index in [9.17, 15) is 0 Å². The first kappa shape index (κ1) is 18.0. The van der Waals surface area contributed by atoms with Crippen LogP contribution in [0.1, 0.15) is 31.9 Å². The lowest BCUT2D eigenvalue weighted by Gasteiger charge is -2.30. The molecular weight excluding hydrogens is 258 g/mol. The number of hydrogen-bond acceptors (Lipinski definition) is 3. The Morgan fingerprint density at radius 3 is 2.43 bits per heavy atom. The molecule has 3 nitrogen and oxygen atoms in total. The molecule has 0 spiro atoms. The van der Waals surface area contributed by atoms with Crippen LogP contribution in [0.3, 0.4) is 0 Å². The maximum atomic E-state index is 3.47. The highest BCUT2D eigenvalue weighted by molar-refractivity contribution is 5.55. The van der Waals surface area contributed by atoms with Crippen molar-refractivity contribution in [2.45, 2.75) is 34.2 Å². The van der Waals surface area contributed by atoms with E-state index in [4.69, 9.17) is 0 Å². The van der Waals surface area contributed by atoms with Crippen LogP contribution in [-0.2, 0) is 6.54 Å². The van der Waals surface area contributed by atoms with Crippen molar-refractivity contribution in [2.24, 2.45) is 5.92 Å². The van der Waals surface area contributed by atoms with Crippen LogP contribution in [0, 0.1) is 12.8 Å². The zero-order chi connectivity index (χ0) is 15.8. The minimum Gasteiger partial charge on any atom is -0.370 e. The predicted molar refractivity (Wildman–Crippen MR) is 94.2 cm³/mol. The largest absolute Gasteiger partial charge is 0.370 e.